The average Bonchev–Trinajstić information content (AvgIpc) is 2.69. The Kier molecular flexibility index (Phi) is 6.17. The van der Waals surface area contributed by atoms with Gasteiger partial charge in [-0.2, -0.15) is 0 Å². The van der Waals surface area contributed by atoms with Crippen molar-refractivity contribution < 1.29 is 13.9 Å². The Morgan fingerprint density at radius 2 is 2.28 bits per heavy atom. The van der Waals surface area contributed by atoms with E-state index in [0.717, 1.165) is 0 Å². The fourth-order valence-corrected chi connectivity index (χ4v) is 4.11. The average molecular weight is 415 g/mol. The molecular weight excluding hydrogens is 393 g/mol. The number of nitrogens with one attached hydrogen (secondary N) is 1. The molecular formula is C20H22FN5O2S. The Morgan fingerprint density at radius 3 is 2.90 bits per heavy atom. The van der Waals surface area contributed by atoms with Gasteiger partial charge >= 0.3 is 0 Å². The van der Waals surface area contributed by atoms with E-state index in [1.165, 1.54) is 36.3 Å². The normalized spacial score (nSPS) is 21.2. The number of carbonyl (C=O) groups is 1. The molecule has 2 aromatic rings. The number of rotatable bonds is 6. The van der Waals surface area contributed by atoms with E-state index in [4.69, 9.17) is 10.5 Å². The Balaban J connectivity index is 1.88. The summed E-state index contributed by atoms with van der Waals surface area (Å²) in [6, 6.07) is 4.32. The molecule has 7 nitrogen and oxygen atoms in total. The van der Waals surface area contributed by atoms with Gasteiger partial charge in [0.05, 0.1) is 19.0 Å². The Labute approximate surface area is 172 Å². The lowest BCUT2D eigenvalue weighted by Crippen LogP contribution is -2.34. The van der Waals surface area contributed by atoms with Gasteiger partial charge in [0.25, 0.3) is 5.91 Å². The minimum Gasteiger partial charge on any atom is -0.477 e. The van der Waals surface area contributed by atoms with Crippen LogP contribution < -0.4 is 15.8 Å². The minimum atomic E-state index is -0.988. The summed E-state index contributed by atoms with van der Waals surface area (Å²) in [6.07, 6.45) is 4.83. The number of halogens is 1. The van der Waals surface area contributed by atoms with Crippen LogP contribution in [0.4, 0.5) is 10.1 Å². The van der Waals surface area contributed by atoms with Crippen LogP contribution in [0.3, 0.4) is 0 Å². The molecule has 9 heteroatoms. The van der Waals surface area contributed by atoms with Crippen LogP contribution in [0.15, 0.2) is 48.2 Å². The fraction of sp³-hybridized carbons (Fsp3) is 0.300. The largest absolute Gasteiger partial charge is 0.477 e. The molecule has 0 radical (unpaired) electrons. The number of nitrogens with zero attached hydrogens (tertiary/aromatic N) is 3. The summed E-state index contributed by atoms with van der Waals surface area (Å²) < 4.78 is 19.9. The second-order valence-corrected chi connectivity index (χ2v) is 7.99. The van der Waals surface area contributed by atoms with Crippen LogP contribution in [0.1, 0.15) is 36.3 Å². The molecule has 0 bridgehead atoms. The molecule has 1 aromatic heterocycles. The summed E-state index contributed by atoms with van der Waals surface area (Å²) in [4.78, 5) is 25.0. The number of benzene rings is 1. The third-order valence-corrected chi connectivity index (χ3v) is 5.31. The summed E-state index contributed by atoms with van der Waals surface area (Å²) >= 11 is 1.44. The lowest BCUT2D eigenvalue weighted by molar-refractivity contribution is 0.102. The van der Waals surface area contributed by atoms with Gasteiger partial charge in [-0.25, -0.2) is 19.4 Å². The maximum Gasteiger partial charge on any atom is 0.275 e. The molecule has 3 rings (SSSR count). The molecule has 0 saturated heterocycles. The summed E-state index contributed by atoms with van der Waals surface area (Å²) in [5.41, 5.74) is 5.78. The van der Waals surface area contributed by atoms with E-state index in [-0.39, 0.29) is 10.9 Å². The highest BCUT2D eigenvalue weighted by Gasteiger charge is 2.37. The number of aromatic nitrogens is 2. The van der Waals surface area contributed by atoms with Crippen molar-refractivity contribution in [3.63, 3.8) is 0 Å². The number of anilines is 1. The van der Waals surface area contributed by atoms with Gasteiger partial charge in [-0.3, -0.25) is 4.79 Å². The maximum atomic E-state index is 14.7. The molecule has 0 saturated carbocycles. The van der Waals surface area contributed by atoms with E-state index >= 15 is 0 Å². The fourth-order valence-electron chi connectivity index (χ4n) is 3.15. The van der Waals surface area contributed by atoms with Crippen molar-refractivity contribution in [2.45, 2.75) is 31.1 Å². The van der Waals surface area contributed by atoms with Crippen LogP contribution in [0.2, 0.25) is 0 Å². The number of thioether (sulfide) groups is 1. The molecule has 2 atom stereocenters. The van der Waals surface area contributed by atoms with E-state index in [1.807, 2.05) is 13.8 Å². The molecule has 0 spiro atoms. The van der Waals surface area contributed by atoms with Crippen molar-refractivity contribution in [3.8, 4) is 5.88 Å². The second kappa shape index (κ2) is 8.60. The van der Waals surface area contributed by atoms with Crippen molar-refractivity contribution in [2.24, 2.45) is 10.7 Å². The predicted octanol–water partition coefficient (Wildman–Crippen LogP) is 3.49. The van der Waals surface area contributed by atoms with Crippen LogP contribution >= 0.6 is 11.8 Å². The van der Waals surface area contributed by atoms with E-state index < -0.39 is 17.3 Å². The number of ether oxygens (including phenoxy) is 1. The number of amidine groups is 1. The topological polar surface area (TPSA) is 102 Å². The van der Waals surface area contributed by atoms with Crippen molar-refractivity contribution in [1.29, 1.82) is 0 Å². The van der Waals surface area contributed by atoms with Gasteiger partial charge in [0.15, 0.2) is 5.17 Å². The molecule has 2 heterocycles. The maximum absolute atomic E-state index is 14.7. The summed E-state index contributed by atoms with van der Waals surface area (Å²) in [6.45, 7) is 8.13. The van der Waals surface area contributed by atoms with Crippen LogP contribution in [-0.2, 0) is 5.54 Å². The van der Waals surface area contributed by atoms with E-state index in [9.17, 15) is 9.18 Å². The highest BCUT2D eigenvalue weighted by Crippen LogP contribution is 2.41. The zero-order valence-corrected chi connectivity index (χ0v) is 17.0. The molecule has 152 valence electrons. The number of aliphatic imine (C=N–C) groups is 1. The quantitative estimate of drug-likeness (QED) is 0.700. The monoisotopic (exact) mass is 415 g/mol. The molecule has 2 unspecified atom stereocenters. The minimum absolute atomic E-state index is 0.114. The molecule has 1 aliphatic heterocycles. The zero-order valence-electron chi connectivity index (χ0n) is 16.2. The van der Waals surface area contributed by atoms with Gasteiger partial charge in [-0.15, -0.1) is 6.58 Å². The summed E-state index contributed by atoms with van der Waals surface area (Å²) in [7, 11) is 0. The molecule has 3 N–H and O–H groups in total. The Hall–Kier alpha value is -2.94. The van der Waals surface area contributed by atoms with E-state index in [1.54, 1.807) is 12.1 Å². The van der Waals surface area contributed by atoms with Gasteiger partial charge in [0, 0.05) is 16.5 Å². The van der Waals surface area contributed by atoms with Gasteiger partial charge < -0.3 is 15.8 Å². The van der Waals surface area contributed by atoms with E-state index in [2.05, 4.69) is 26.9 Å². The molecule has 1 aliphatic rings. The first-order valence-electron chi connectivity index (χ1n) is 9.08. The molecule has 29 heavy (non-hydrogen) atoms. The highest BCUT2D eigenvalue weighted by atomic mass is 32.2. The van der Waals surface area contributed by atoms with Crippen molar-refractivity contribution in [1.82, 2.24) is 9.97 Å². The third-order valence-electron chi connectivity index (χ3n) is 4.41. The summed E-state index contributed by atoms with van der Waals surface area (Å²) in [5, 5.41) is 3.23. The first kappa shape index (κ1) is 20.8. The number of carbonyl (C=O) groups excluding carboxylic acids is 1. The number of amides is 1. The smallest absolute Gasteiger partial charge is 0.275 e. The third kappa shape index (κ3) is 4.56. The van der Waals surface area contributed by atoms with Gasteiger partial charge in [-0.05, 0) is 31.5 Å². The lowest BCUT2D eigenvalue weighted by atomic mass is 9.85. The highest BCUT2D eigenvalue weighted by molar-refractivity contribution is 8.14. The zero-order chi connectivity index (χ0) is 21.0. The van der Waals surface area contributed by atoms with Crippen LogP contribution in [0, 0.1) is 5.82 Å². The predicted molar refractivity (Wildman–Crippen MR) is 113 cm³/mol. The first-order chi connectivity index (χ1) is 13.9. The molecule has 0 fully saturated rings. The Morgan fingerprint density at radius 1 is 1.48 bits per heavy atom. The second-order valence-electron chi connectivity index (χ2n) is 6.53. The van der Waals surface area contributed by atoms with Crippen LogP contribution in [0.5, 0.6) is 5.88 Å². The number of nitrogens with two attached hydrogens (primary N) is 1. The van der Waals surface area contributed by atoms with Crippen molar-refractivity contribution in [2.75, 3.05) is 11.9 Å². The molecule has 1 aromatic carbocycles. The SMILES string of the molecule is C=CC1(c2cc(NC(=O)c3cnc(OCC)cn3)ccc2F)CC(C)SC(N)=N1. The van der Waals surface area contributed by atoms with Crippen LogP contribution in [0.25, 0.3) is 0 Å². The van der Waals surface area contributed by atoms with Crippen LogP contribution in [-0.4, -0.2) is 32.9 Å². The standard InChI is InChI=1S/C20H22FN5O2S/c1-4-20(9-12(3)29-19(22)26-20)14-8-13(6-7-15(14)21)25-18(27)16-10-24-17(11-23-16)28-5-2/h4,6-8,10-12H,1,5,9H2,2-3H3,(H2,22,26)(H,25,27). The Bertz CT molecular complexity index is 950. The van der Waals surface area contributed by atoms with Gasteiger partial charge in [0.1, 0.15) is 17.1 Å². The first-order valence-corrected chi connectivity index (χ1v) is 9.96. The molecule has 1 amide bonds. The van der Waals surface area contributed by atoms with E-state index in [0.29, 0.717) is 35.3 Å². The molecule has 0 aliphatic carbocycles. The lowest BCUT2D eigenvalue weighted by Gasteiger charge is -2.34. The number of hydrogen-bond donors (Lipinski definition) is 2. The summed E-state index contributed by atoms with van der Waals surface area (Å²) in [5.74, 6) is -0.582. The van der Waals surface area contributed by atoms with Crippen molar-refractivity contribution in [3.05, 3.63) is 60.3 Å². The van der Waals surface area contributed by atoms with Gasteiger partial charge in [0.2, 0.25) is 5.88 Å². The van der Waals surface area contributed by atoms with Crippen molar-refractivity contribution >= 4 is 28.5 Å². The van der Waals surface area contributed by atoms with Gasteiger partial charge in [-0.1, -0.05) is 24.8 Å². The number of hydrogen-bond acceptors (Lipinski definition) is 7.